The summed E-state index contributed by atoms with van der Waals surface area (Å²) in [5.74, 6) is -0.169. The molecule has 1 heterocycles. The van der Waals surface area contributed by atoms with Crippen LogP contribution in [0.5, 0.6) is 0 Å². The van der Waals surface area contributed by atoms with E-state index in [2.05, 4.69) is 31.9 Å². The van der Waals surface area contributed by atoms with Gasteiger partial charge in [0.15, 0.2) is 0 Å². The maximum absolute atomic E-state index is 13.7. The number of thiophene rings is 1. The predicted molar refractivity (Wildman–Crippen MR) is 73.9 cm³/mol. The first-order valence-corrected chi connectivity index (χ1v) is 7.26. The molecule has 0 bridgehead atoms. The van der Waals surface area contributed by atoms with Crippen LogP contribution in [-0.2, 0) is 0 Å². The zero-order valence-electron chi connectivity index (χ0n) is 8.51. The summed E-state index contributed by atoms with van der Waals surface area (Å²) in [6.45, 7) is 1.97. The fourth-order valence-corrected chi connectivity index (χ4v) is 3.68. The van der Waals surface area contributed by atoms with Gasteiger partial charge in [-0.2, -0.15) is 0 Å². The highest BCUT2D eigenvalue weighted by Crippen LogP contribution is 2.38. The van der Waals surface area contributed by atoms with Crippen LogP contribution in [0.1, 0.15) is 20.8 Å². The molecule has 0 radical (unpaired) electrons. The van der Waals surface area contributed by atoms with Crippen molar-refractivity contribution in [2.75, 3.05) is 0 Å². The van der Waals surface area contributed by atoms with Gasteiger partial charge in [-0.25, -0.2) is 4.39 Å². The van der Waals surface area contributed by atoms with E-state index in [1.165, 1.54) is 6.07 Å². The van der Waals surface area contributed by atoms with Crippen molar-refractivity contribution >= 4 is 43.2 Å². The second-order valence-corrected chi connectivity index (χ2v) is 6.94. The first-order chi connectivity index (χ1) is 7.58. The van der Waals surface area contributed by atoms with E-state index in [-0.39, 0.29) is 10.6 Å². The van der Waals surface area contributed by atoms with Gasteiger partial charge in [-0.1, -0.05) is 33.6 Å². The third-order valence-corrected chi connectivity index (χ3v) is 5.25. The van der Waals surface area contributed by atoms with Crippen molar-refractivity contribution in [3.8, 4) is 0 Å². The van der Waals surface area contributed by atoms with Gasteiger partial charge in [0.1, 0.15) is 5.82 Å². The zero-order valence-corrected chi connectivity index (χ0v) is 12.5. The van der Waals surface area contributed by atoms with Gasteiger partial charge in [0.25, 0.3) is 0 Å². The molecule has 1 unspecified atom stereocenters. The van der Waals surface area contributed by atoms with Crippen LogP contribution in [0.15, 0.2) is 34.1 Å². The van der Waals surface area contributed by atoms with Gasteiger partial charge in [-0.15, -0.1) is 11.3 Å². The van der Waals surface area contributed by atoms with Crippen molar-refractivity contribution in [3.05, 3.63) is 55.9 Å². The first kappa shape index (κ1) is 12.3. The lowest BCUT2D eigenvalue weighted by Crippen LogP contribution is -1.95. The molecule has 4 heteroatoms. The third-order valence-electron chi connectivity index (χ3n) is 2.27. The summed E-state index contributed by atoms with van der Waals surface area (Å²) >= 11 is 8.56. The smallest absolute Gasteiger partial charge is 0.127 e. The average Bonchev–Trinajstić information content (AvgIpc) is 2.67. The lowest BCUT2D eigenvalue weighted by molar-refractivity contribution is 0.613. The van der Waals surface area contributed by atoms with E-state index in [1.54, 1.807) is 17.4 Å². The Hall–Kier alpha value is -0.190. The highest BCUT2D eigenvalue weighted by molar-refractivity contribution is 9.11. The molecule has 1 aromatic heterocycles. The van der Waals surface area contributed by atoms with Crippen molar-refractivity contribution in [1.82, 2.24) is 0 Å². The largest absolute Gasteiger partial charge is 0.207 e. The number of hydrogen-bond donors (Lipinski definition) is 0. The minimum Gasteiger partial charge on any atom is -0.207 e. The van der Waals surface area contributed by atoms with Gasteiger partial charge in [0, 0.05) is 10.4 Å². The molecule has 0 amide bonds. The fourth-order valence-electron chi connectivity index (χ4n) is 1.48. The summed E-state index contributed by atoms with van der Waals surface area (Å²) in [7, 11) is 0. The van der Waals surface area contributed by atoms with Crippen molar-refractivity contribution in [2.24, 2.45) is 0 Å². The Labute approximate surface area is 115 Å². The van der Waals surface area contributed by atoms with Crippen LogP contribution < -0.4 is 0 Å². The van der Waals surface area contributed by atoms with Crippen molar-refractivity contribution in [1.29, 1.82) is 0 Å². The summed E-state index contributed by atoms with van der Waals surface area (Å²) in [5.41, 5.74) is 1.76. The van der Waals surface area contributed by atoms with Crippen LogP contribution in [0.3, 0.4) is 0 Å². The molecule has 0 fully saturated rings. The van der Waals surface area contributed by atoms with E-state index >= 15 is 0 Å². The molecule has 0 saturated carbocycles. The van der Waals surface area contributed by atoms with E-state index in [1.807, 2.05) is 25.1 Å². The Morgan fingerprint density at radius 1 is 1.25 bits per heavy atom. The predicted octanol–water partition coefficient (Wildman–Crippen LogP) is 5.44. The SMILES string of the molecule is Cc1ccc(F)c(C(Br)c2ccc(Br)s2)c1. The van der Waals surface area contributed by atoms with E-state index in [9.17, 15) is 4.39 Å². The van der Waals surface area contributed by atoms with Crippen LogP contribution in [0.2, 0.25) is 0 Å². The molecule has 0 aliphatic carbocycles. The highest BCUT2D eigenvalue weighted by Gasteiger charge is 2.16. The van der Waals surface area contributed by atoms with Crippen LogP contribution >= 0.6 is 43.2 Å². The van der Waals surface area contributed by atoms with Crippen LogP contribution in [-0.4, -0.2) is 0 Å². The summed E-state index contributed by atoms with van der Waals surface area (Å²) in [5, 5.41) is 0. The standard InChI is InChI=1S/C12H9Br2FS/c1-7-2-3-9(15)8(6-7)12(14)10-4-5-11(13)16-10/h2-6,12H,1H3. The van der Waals surface area contributed by atoms with Crippen molar-refractivity contribution in [3.63, 3.8) is 0 Å². The number of aryl methyl sites for hydroxylation is 1. The Bertz CT molecular complexity index is 507. The van der Waals surface area contributed by atoms with Crippen LogP contribution in [0, 0.1) is 12.7 Å². The molecule has 0 nitrogen and oxygen atoms in total. The molecule has 1 atom stereocenters. The Morgan fingerprint density at radius 2 is 2.00 bits per heavy atom. The van der Waals surface area contributed by atoms with Gasteiger partial charge >= 0.3 is 0 Å². The molecule has 0 aliphatic rings. The van der Waals surface area contributed by atoms with Gasteiger partial charge in [-0.05, 0) is 41.1 Å². The summed E-state index contributed by atoms with van der Waals surface area (Å²) in [4.78, 5) is 1.01. The third kappa shape index (κ3) is 2.55. The second kappa shape index (κ2) is 4.98. The van der Waals surface area contributed by atoms with Gasteiger partial charge < -0.3 is 0 Å². The molecular formula is C12H9Br2FS. The van der Waals surface area contributed by atoms with Gasteiger partial charge in [0.2, 0.25) is 0 Å². The number of alkyl halides is 1. The van der Waals surface area contributed by atoms with Gasteiger partial charge in [-0.3, -0.25) is 0 Å². The molecule has 0 aliphatic heterocycles. The number of halogens is 3. The second-order valence-electron chi connectivity index (χ2n) is 3.53. The van der Waals surface area contributed by atoms with Crippen molar-refractivity contribution in [2.45, 2.75) is 11.8 Å². The molecular weight excluding hydrogens is 355 g/mol. The molecule has 16 heavy (non-hydrogen) atoms. The maximum atomic E-state index is 13.7. The molecule has 1 aromatic carbocycles. The van der Waals surface area contributed by atoms with Crippen LogP contribution in [0.25, 0.3) is 0 Å². The normalized spacial score (nSPS) is 12.8. The zero-order chi connectivity index (χ0) is 11.7. The Kier molecular flexibility index (Phi) is 3.82. The number of hydrogen-bond acceptors (Lipinski definition) is 1. The fraction of sp³-hybridized carbons (Fsp3) is 0.167. The molecule has 0 N–H and O–H groups in total. The minimum absolute atomic E-state index is 0.0799. The lowest BCUT2D eigenvalue weighted by Gasteiger charge is -2.10. The summed E-state index contributed by atoms with van der Waals surface area (Å²) in [6, 6.07) is 9.14. The van der Waals surface area contributed by atoms with E-state index in [0.717, 1.165) is 14.2 Å². The maximum Gasteiger partial charge on any atom is 0.127 e. The van der Waals surface area contributed by atoms with Crippen LogP contribution in [0.4, 0.5) is 4.39 Å². The lowest BCUT2D eigenvalue weighted by atomic mass is 10.1. The monoisotopic (exact) mass is 362 g/mol. The van der Waals surface area contributed by atoms with Gasteiger partial charge in [0.05, 0.1) is 8.61 Å². The molecule has 2 rings (SSSR count). The van der Waals surface area contributed by atoms with Crippen molar-refractivity contribution < 1.29 is 4.39 Å². The molecule has 0 spiro atoms. The minimum atomic E-state index is -0.169. The average molecular weight is 364 g/mol. The number of rotatable bonds is 2. The summed E-state index contributed by atoms with van der Waals surface area (Å²) in [6.07, 6.45) is 0. The number of benzene rings is 1. The quantitative estimate of drug-likeness (QED) is 0.623. The summed E-state index contributed by atoms with van der Waals surface area (Å²) < 4.78 is 14.7. The van der Waals surface area contributed by atoms with E-state index in [0.29, 0.717) is 5.56 Å². The molecule has 84 valence electrons. The van der Waals surface area contributed by atoms with E-state index in [4.69, 9.17) is 0 Å². The molecule has 2 aromatic rings. The Morgan fingerprint density at radius 3 is 2.62 bits per heavy atom. The topological polar surface area (TPSA) is 0 Å². The highest BCUT2D eigenvalue weighted by atomic mass is 79.9. The molecule has 0 saturated heterocycles. The first-order valence-electron chi connectivity index (χ1n) is 4.73. The Balaban J connectivity index is 2.40. The van der Waals surface area contributed by atoms with E-state index < -0.39 is 0 Å².